The van der Waals surface area contributed by atoms with Gasteiger partial charge in [0.05, 0.1) is 6.10 Å². The number of unbranched alkanes of at least 4 members (excludes halogenated alkanes) is 9. The summed E-state index contributed by atoms with van der Waals surface area (Å²) in [5, 5.41) is 17.9. The minimum absolute atomic E-state index is 0.170. The van der Waals surface area contributed by atoms with E-state index in [-0.39, 0.29) is 6.10 Å². The van der Waals surface area contributed by atoms with Crippen molar-refractivity contribution < 1.29 is 15.0 Å². The summed E-state index contributed by atoms with van der Waals surface area (Å²) in [6, 6.07) is 0. The largest absolute Gasteiger partial charge is 0.481 e. The summed E-state index contributed by atoms with van der Waals surface area (Å²) in [5.41, 5.74) is 0. The topological polar surface area (TPSA) is 57.5 Å². The molecule has 3 nitrogen and oxygen atoms in total. The number of rotatable bonds is 14. The van der Waals surface area contributed by atoms with Crippen LogP contribution in [0, 0.1) is 5.92 Å². The van der Waals surface area contributed by atoms with Crippen LogP contribution in [0.3, 0.4) is 0 Å². The predicted molar refractivity (Wildman–Crippen MR) is 83.9 cm³/mol. The molecule has 0 amide bonds. The average molecular weight is 286 g/mol. The number of carboxylic acid groups (broad SMARTS) is 1. The summed E-state index contributed by atoms with van der Waals surface area (Å²) in [6.07, 6.45) is 13.4. The quantitative estimate of drug-likeness (QED) is 0.452. The van der Waals surface area contributed by atoms with E-state index >= 15 is 0 Å². The lowest BCUT2D eigenvalue weighted by molar-refractivity contribution is -0.137. The van der Waals surface area contributed by atoms with Crippen molar-refractivity contribution in [3.63, 3.8) is 0 Å². The van der Waals surface area contributed by atoms with Crippen LogP contribution in [0.2, 0.25) is 0 Å². The third-order valence-electron chi connectivity index (χ3n) is 4.12. The highest BCUT2D eigenvalue weighted by molar-refractivity contribution is 5.66. The van der Waals surface area contributed by atoms with Gasteiger partial charge >= 0.3 is 5.97 Å². The molecule has 0 aromatic rings. The van der Waals surface area contributed by atoms with Crippen molar-refractivity contribution in [3.05, 3.63) is 0 Å². The van der Waals surface area contributed by atoms with Gasteiger partial charge in [0.1, 0.15) is 0 Å². The smallest absolute Gasteiger partial charge is 0.303 e. The average Bonchev–Trinajstić information content (AvgIpc) is 2.39. The van der Waals surface area contributed by atoms with Crippen molar-refractivity contribution in [1.82, 2.24) is 0 Å². The van der Waals surface area contributed by atoms with Gasteiger partial charge in [-0.3, -0.25) is 4.79 Å². The van der Waals surface area contributed by atoms with E-state index in [9.17, 15) is 9.90 Å². The number of hydrogen-bond acceptors (Lipinski definition) is 2. The monoisotopic (exact) mass is 286 g/mol. The second kappa shape index (κ2) is 13.4. The van der Waals surface area contributed by atoms with E-state index < -0.39 is 5.97 Å². The summed E-state index contributed by atoms with van der Waals surface area (Å²) in [4.78, 5) is 10.3. The molecule has 0 rings (SSSR count). The summed E-state index contributed by atoms with van der Waals surface area (Å²) in [7, 11) is 0. The van der Waals surface area contributed by atoms with Crippen LogP contribution in [0.4, 0.5) is 0 Å². The number of hydrogen-bond donors (Lipinski definition) is 2. The predicted octanol–water partition coefficient (Wildman–Crippen LogP) is 4.77. The van der Waals surface area contributed by atoms with E-state index in [1.54, 1.807) is 0 Å². The molecule has 0 aliphatic heterocycles. The number of carbonyl (C=O) groups is 1. The van der Waals surface area contributed by atoms with Gasteiger partial charge in [0.2, 0.25) is 0 Å². The molecule has 2 atom stereocenters. The molecule has 3 heteroatoms. The number of aliphatic hydroxyl groups excluding tert-OH is 1. The molecule has 120 valence electrons. The minimum atomic E-state index is -0.671. The Kier molecular flexibility index (Phi) is 13.0. The van der Waals surface area contributed by atoms with Gasteiger partial charge < -0.3 is 10.2 Å². The molecule has 0 bridgehead atoms. The standard InChI is InChI=1S/C17H34O3/c1-15(16(2)18)13-11-9-7-5-3-4-6-8-10-12-14-17(19)20/h15-16,18H,3-14H2,1-2H3,(H,19,20)/t15-,16+/m1/s1. The maximum Gasteiger partial charge on any atom is 0.303 e. The van der Waals surface area contributed by atoms with E-state index in [0.29, 0.717) is 12.3 Å². The lowest BCUT2D eigenvalue weighted by Gasteiger charge is -2.13. The highest BCUT2D eigenvalue weighted by Gasteiger charge is 2.07. The van der Waals surface area contributed by atoms with Gasteiger partial charge in [0.15, 0.2) is 0 Å². The molecular formula is C17H34O3. The first-order valence-electron chi connectivity index (χ1n) is 8.44. The summed E-state index contributed by atoms with van der Waals surface area (Å²) in [6.45, 7) is 4.00. The summed E-state index contributed by atoms with van der Waals surface area (Å²) in [5.74, 6) is -0.240. The first-order valence-corrected chi connectivity index (χ1v) is 8.44. The molecule has 0 fully saturated rings. The second-order valence-electron chi connectivity index (χ2n) is 6.19. The van der Waals surface area contributed by atoms with Crippen LogP contribution >= 0.6 is 0 Å². The van der Waals surface area contributed by atoms with Crippen molar-refractivity contribution >= 4 is 5.97 Å². The van der Waals surface area contributed by atoms with Crippen LogP contribution in [-0.2, 0) is 4.79 Å². The van der Waals surface area contributed by atoms with Crippen LogP contribution in [0.1, 0.15) is 90.9 Å². The number of aliphatic hydroxyl groups is 1. The molecule has 0 spiro atoms. The van der Waals surface area contributed by atoms with Crippen molar-refractivity contribution in [2.75, 3.05) is 0 Å². The molecule has 0 saturated heterocycles. The van der Waals surface area contributed by atoms with Gasteiger partial charge in [0.25, 0.3) is 0 Å². The third-order valence-corrected chi connectivity index (χ3v) is 4.12. The fourth-order valence-electron chi connectivity index (χ4n) is 2.40. The normalized spacial score (nSPS) is 14.2. The Balaban J connectivity index is 3.08. The van der Waals surface area contributed by atoms with Gasteiger partial charge in [-0.1, -0.05) is 64.7 Å². The zero-order valence-corrected chi connectivity index (χ0v) is 13.4. The molecular weight excluding hydrogens is 252 g/mol. The van der Waals surface area contributed by atoms with Crippen LogP contribution < -0.4 is 0 Å². The van der Waals surface area contributed by atoms with Crippen molar-refractivity contribution in [2.45, 2.75) is 97.0 Å². The molecule has 0 radical (unpaired) electrons. The van der Waals surface area contributed by atoms with E-state index in [0.717, 1.165) is 19.3 Å². The summed E-state index contributed by atoms with van der Waals surface area (Å²) >= 11 is 0. The lowest BCUT2D eigenvalue weighted by Crippen LogP contribution is -2.12. The van der Waals surface area contributed by atoms with E-state index in [1.807, 2.05) is 6.92 Å². The second-order valence-corrected chi connectivity index (χ2v) is 6.19. The fraction of sp³-hybridized carbons (Fsp3) is 0.941. The van der Waals surface area contributed by atoms with Crippen LogP contribution in [-0.4, -0.2) is 22.3 Å². The maximum absolute atomic E-state index is 10.3. The highest BCUT2D eigenvalue weighted by atomic mass is 16.4. The van der Waals surface area contributed by atoms with Crippen molar-refractivity contribution in [3.8, 4) is 0 Å². The lowest BCUT2D eigenvalue weighted by atomic mass is 9.97. The number of aliphatic carboxylic acids is 1. The van der Waals surface area contributed by atoms with Gasteiger partial charge in [0, 0.05) is 6.42 Å². The Morgan fingerprint density at radius 3 is 1.60 bits per heavy atom. The van der Waals surface area contributed by atoms with Crippen molar-refractivity contribution in [2.24, 2.45) is 5.92 Å². The first-order chi connectivity index (χ1) is 9.54. The Morgan fingerprint density at radius 2 is 1.20 bits per heavy atom. The molecule has 0 aliphatic rings. The zero-order valence-electron chi connectivity index (χ0n) is 13.4. The SMILES string of the molecule is C[C@H](O)[C@H](C)CCCCCCCCCCCCC(=O)O. The molecule has 0 unspecified atom stereocenters. The van der Waals surface area contributed by atoms with Crippen LogP contribution in [0.5, 0.6) is 0 Å². The molecule has 20 heavy (non-hydrogen) atoms. The summed E-state index contributed by atoms with van der Waals surface area (Å²) < 4.78 is 0. The minimum Gasteiger partial charge on any atom is -0.481 e. The van der Waals surface area contributed by atoms with Gasteiger partial charge in [-0.15, -0.1) is 0 Å². The Hall–Kier alpha value is -0.570. The van der Waals surface area contributed by atoms with E-state index in [4.69, 9.17) is 5.11 Å². The zero-order chi connectivity index (χ0) is 15.2. The third kappa shape index (κ3) is 13.9. The molecule has 0 aromatic carbocycles. The molecule has 0 aromatic heterocycles. The molecule has 0 saturated carbocycles. The van der Waals surface area contributed by atoms with E-state index in [1.165, 1.54) is 51.4 Å². The maximum atomic E-state index is 10.3. The highest BCUT2D eigenvalue weighted by Crippen LogP contribution is 2.15. The van der Waals surface area contributed by atoms with Crippen molar-refractivity contribution in [1.29, 1.82) is 0 Å². The Labute approximate surface area is 124 Å². The first kappa shape index (κ1) is 19.4. The van der Waals surface area contributed by atoms with Gasteiger partial charge in [-0.05, 0) is 25.7 Å². The van der Waals surface area contributed by atoms with Gasteiger partial charge in [-0.2, -0.15) is 0 Å². The fourth-order valence-corrected chi connectivity index (χ4v) is 2.40. The molecule has 0 heterocycles. The van der Waals surface area contributed by atoms with Gasteiger partial charge in [-0.25, -0.2) is 0 Å². The Morgan fingerprint density at radius 1 is 0.800 bits per heavy atom. The Bertz CT molecular complexity index is 226. The molecule has 2 N–H and O–H groups in total. The van der Waals surface area contributed by atoms with Crippen LogP contribution in [0.25, 0.3) is 0 Å². The van der Waals surface area contributed by atoms with Crippen LogP contribution in [0.15, 0.2) is 0 Å². The molecule has 0 aliphatic carbocycles. The van der Waals surface area contributed by atoms with E-state index in [2.05, 4.69) is 6.92 Å². The number of carboxylic acids is 1.